The molecule has 2 aromatic heterocycles. The first kappa shape index (κ1) is 15.8. The van der Waals surface area contributed by atoms with Crippen molar-refractivity contribution >= 4 is 46.5 Å². The zero-order valence-corrected chi connectivity index (χ0v) is 15.7. The molecule has 4 nitrogen and oxygen atoms in total. The first-order valence-electron chi connectivity index (χ1n) is 6.06. The van der Waals surface area contributed by atoms with Crippen LogP contribution in [0.25, 0.3) is 22.1 Å². The molecule has 0 aliphatic heterocycles. The fourth-order valence-corrected chi connectivity index (χ4v) is 2.39. The molecule has 0 aliphatic rings. The number of aromatic nitrogens is 4. The topological polar surface area (TPSA) is 63.2 Å². The van der Waals surface area contributed by atoms with Gasteiger partial charge in [-0.15, -0.1) is 0 Å². The van der Waals surface area contributed by atoms with Crippen molar-refractivity contribution in [2.24, 2.45) is 0 Å². The number of hydrogen-bond donors (Lipinski definition) is 4. The predicted octanol–water partition coefficient (Wildman–Crippen LogP) is 4.45. The van der Waals surface area contributed by atoms with Crippen molar-refractivity contribution in [2.75, 3.05) is 0 Å². The number of nitrogens with one attached hydrogen (secondary N) is 4. The van der Waals surface area contributed by atoms with Gasteiger partial charge >= 0.3 is 0 Å². The van der Waals surface area contributed by atoms with Crippen molar-refractivity contribution < 1.29 is 19.5 Å². The van der Waals surface area contributed by atoms with E-state index in [2.05, 4.69) is 19.9 Å². The largest absolute Gasteiger partial charge is 0.331 e. The van der Waals surface area contributed by atoms with Crippen molar-refractivity contribution in [1.29, 1.82) is 0 Å². The Hall–Kier alpha value is -1.56. The quantitative estimate of drug-likeness (QED) is 0.275. The van der Waals surface area contributed by atoms with Gasteiger partial charge in [0.15, 0.2) is 9.54 Å². The minimum Gasteiger partial charge on any atom is -0.331 e. The fourth-order valence-electron chi connectivity index (χ4n) is 1.95. The number of benzene rings is 2. The van der Waals surface area contributed by atoms with Crippen molar-refractivity contribution in [3.63, 3.8) is 0 Å². The van der Waals surface area contributed by atoms with Gasteiger partial charge < -0.3 is 19.9 Å². The Labute approximate surface area is 143 Å². The van der Waals surface area contributed by atoms with Crippen LogP contribution in [0, 0.1) is 9.54 Å². The second kappa shape index (κ2) is 6.94. The van der Waals surface area contributed by atoms with E-state index in [1.54, 1.807) is 0 Å². The van der Waals surface area contributed by atoms with Gasteiger partial charge in [0.05, 0.1) is 22.1 Å². The van der Waals surface area contributed by atoms with E-state index in [0.29, 0.717) is 9.54 Å². The molecule has 0 amide bonds. The second-order valence-electron chi connectivity index (χ2n) is 4.25. The van der Waals surface area contributed by atoms with Crippen molar-refractivity contribution in [3.05, 3.63) is 58.1 Å². The Morgan fingerprint density at radius 2 is 0.762 bits per heavy atom. The molecule has 7 heteroatoms. The van der Waals surface area contributed by atoms with E-state index in [4.69, 9.17) is 24.4 Å². The van der Waals surface area contributed by atoms with Crippen LogP contribution in [0.3, 0.4) is 0 Å². The number of imidazole rings is 2. The molecule has 4 N–H and O–H groups in total. The number of fused-ring (bicyclic) bond motifs is 2. The summed E-state index contributed by atoms with van der Waals surface area (Å²) in [6.07, 6.45) is 0. The molecule has 4 rings (SSSR count). The van der Waals surface area contributed by atoms with Crippen LogP contribution in [-0.4, -0.2) is 19.9 Å². The van der Waals surface area contributed by atoms with E-state index in [9.17, 15) is 0 Å². The van der Waals surface area contributed by atoms with Crippen LogP contribution < -0.4 is 0 Å². The number of rotatable bonds is 0. The molecule has 0 saturated heterocycles. The summed E-state index contributed by atoms with van der Waals surface area (Å²) in [5.74, 6) is 0. The summed E-state index contributed by atoms with van der Waals surface area (Å²) >= 11 is 9.80. The summed E-state index contributed by atoms with van der Waals surface area (Å²) in [4.78, 5) is 12.1. The molecule has 21 heavy (non-hydrogen) atoms. The van der Waals surface area contributed by atoms with Crippen LogP contribution in [0.5, 0.6) is 0 Å². The zero-order valence-electron chi connectivity index (χ0n) is 11.1. The van der Waals surface area contributed by atoms with Crippen molar-refractivity contribution in [2.45, 2.75) is 0 Å². The molecule has 4 aromatic rings. The minimum absolute atomic E-state index is 0. The average Bonchev–Trinajstić information content (AvgIpc) is 2.99. The molecular weight excluding hydrogens is 354 g/mol. The van der Waals surface area contributed by atoms with Crippen LogP contribution in [0.15, 0.2) is 48.5 Å². The molecule has 0 bridgehead atoms. The number of hydrogen-bond acceptors (Lipinski definition) is 2. The Kier molecular flexibility index (Phi) is 5.23. The predicted molar refractivity (Wildman–Crippen MR) is 87.0 cm³/mol. The number of para-hydroxylation sites is 4. The third kappa shape index (κ3) is 3.75. The van der Waals surface area contributed by atoms with Gasteiger partial charge in [-0.3, -0.25) is 0 Å². The van der Waals surface area contributed by atoms with E-state index in [1.807, 2.05) is 48.5 Å². The van der Waals surface area contributed by atoms with E-state index in [-0.39, 0.29) is 19.5 Å². The first-order valence-corrected chi connectivity index (χ1v) is 6.88. The molecule has 0 atom stereocenters. The van der Waals surface area contributed by atoms with E-state index >= 15 is 0 Å². The Morgan fingerprint density at radius 1 is 0.524 bits per heavy atom. The van der Waals surface area contributed by atoms with Crippen LogP contribution in [-0.2, 0) is 19.5 Å². The molecule has 0 unspecified atom stereocenters. The van der Waals surface area contributed by atoms with Gasteiger partial charge in [0.25, 0.3) is 0 Å². The van der Waals surface area contributed by atoms with Gasteiger partial charge in [-0.05, 0) is 48.7 Å². The summed E-state index contributed by atoms with van der Waals surface area (Å²) in [7, 11) is 0. The number of aromatic amines is 4. The first-order chi connectivity index (χ1) is 9.72. The maximum Gasteiger partial charge on any atom is 0.175 e. The molecule has 2 aromatic carbocycles. The Balaban J connectivity index is 0.000000147. The van der Waals surface area contributed by atoms with Gasteiger partial charge in [0.1, 0.15) is 0 Å². The molecule has 0 fully saturated rings. The van der Waals surface area contributed by atoms with Gasteiger partial charge in [0.2, 0.25) is 0 Å². The number of H-pyrrole nitrogens is 4. The summed E-state index contributed by atoms with van der Waals surface area (Å²) in [5.41, 5.74) is 4.25. The summed E-state index contributed by atoms with van der Waals surface area (Å²) in [6.45, 7) is 0. The fraction of sp³-hybridized carbons (Fsp3) is 0. The molecule has 0 aliphatic carbocycles. The van der Waals surface area contributed by atoms with Crippen molar-refractivity contribution in [1.82, 2.24) is 19.9 Å². The summed E-state index contributed by atoms with van der Waals surface area (Å²) in [6, 6.07) is 15.8. The average molecular weight is 366 g/mol. The van der Waals surface area contributed by atoms with E-state index < -0.39 is 0 Å². The summed E-state index contributed by atoms with van der Waals surface area (Å²) < 4.78 is 1.36. The Morgan fingerprint density at radius 3 is 1.00 bits per heavy atom. The third-order valence-electron chi connectivity index (χ3n) is 2.85. The van der Waals surface area contributed by atoms with Gasteiger partial charge in [0, 0.05) is 19.5 Å². The maximum absolute atomic E-state index is 4.90. The molecule has 102 valence electrons. The van der Waals surface area contributed by atoms with E-state index in [1.165, 1.54) is 0 Å². The van der Waals surface area contributed by atoms with Gasteiger partial charge in [-0.25, -0.2) is 0 Å². The Bertz CT molecular complexity index is 812. The third-order valence-corrected chi connectivity index (χ3v) is 3.26. The summed E-state index contributed by atoms with van der Waals surface area (Å²) in [5, 5.41) is 0. The van der Waals surface area contributed by atoms with Crippen LogP contribution >= 0.6 is 24.4 Å². The van der Waals surface area contributed by atoms with E-state index in [0.717, 1.165) is 22.1 Å². The van der Waals surface area contributed by atoms with Crippen molar-refractivity contribution in [3.8, 4) is 0 Å². The van der Waals surface area contributed by atoms with Gasteiger partial charge in [-0.1, -0.05) is 24.3 Å². The van der Waals surface area contributed by atoms with Crippen LogP contribution in [0.2, 0.25) is 0 Å². The smallest absolute Gasteiger partial charge is 0.175 e. The molecule has 0 saturated carbocycles. The second-order valence-corrected chi connectivity index (χ2v) is 5.07. The monoisotopic (exact) mass is 364 g/mol. The van der Waals surface area contributed by atoms with Crippen LogP contribution in [0.1, 0.15) is 0 Å². The van der Waals surface area contributed by atoms with Gasteiger partial charge in [-0.2, -0.15) is 0 Å². The minimum atomic E-state index is 0. The molecule has 0 spiro atoms. The van der Waals surface area contributed by atoms with Crippen LogP contribution in [0.4, 0.5) is 0 Å². The zero-order chi connectivity index (χ0) is 13.9. The normalized spacial score (nSPS) is 9.90. The molecule has 2 heterocycles. The standard InChI is InChI=1S/2C7H6N2S.Zn/c2*10-7-8-5-3-1-2-4-6(5)9-7;/h2*1-4H,(H2,8,9,10);. The molecular formula is C14H12N4S2Zn. The maximum atomic E-state index is 4.90. The SMILES string of the molecule is S=c1[nH]c2ccccc2[nH]1.S=c1[nH]c2ccccc2[nH]1.[Zn]. The molecule has 0 radical (unpaired) electrons.